The van der Waals surface area contributed by atoms with Crippen molar-refractivity contribution in [3.8, 4) is 0 Å². The molecule has 6 heterocycles. The van der Waals surface area contributed by atoms with Crippen LogP contribution in [0.15, 0.2) is 0 Å². The Bertz CT molecular complexity index is 1800. The van der Waals surface area contributed by atoms with Gasteiger partial charge in [-0.1, -0.05) is 29.7 Å². The van der Waals surface area contributed by atoms with Crippen molar-refractivity contribution in [1.29, 1.82) is 0 Å². The summed E-state index contributed by atoms with van der Waals surface area (Å²) in [6.45, 7) is 0. The number of carbonyl (C=O) groups is 12. The van der Waals surface area contributed by atoms with Crippen LogP contribution in [-0.4, -0.2) is 71.6 Å². The standard InChI is InChI=1S/C14H14O6.2C13H12O6.4CH4/c15-11-7-3-5(9(7)13(17)19-11)1-2-6-4-8-10(6)14(18)20-12(8)16;2*14-10-6-2-4(8(6)12(16)18-10)1-5-3-7-9(5)13(17)19-11(7)15;;;;/h5-10H,1-4H2;2*4-9H,1-3H2;4*1H4. The number of carbonyl (C=O) groups excluding carboxylic acids is 12. The number of fused-ring (bicyclic) bond motifs is 6. The van der Waals surface area contributed by atoms with Crippen molar-refractivity contribution in [1.82, 2.24) is 0 Å². The van der Waals surface area contributed by atoms with Crippen LogP contribution >= 0.6 is 0 Å². The molecule has 0 N–H and O–H groups in total. The molecule has 0 aromatic heterocycles. The van der Waals surface area contributed by atoms with Gasteiger partial charge in [0.2, 0.25) is 0 Å². The Morgan fingerprint density at radius 3 is 0.597 bits per heavy atom. The summed E-state index contributed by atoms with van der Waals surface area (Å²) >= 11 is 0. The molecule has 6 aliphatic heterocycles. The van der Waals surface area contributed by atoms with E-state index in [1.54, 1.807) is 0 Å². The summed E-state index contributed by atoms with van der Waals surface area (Å²) in [6, 6.07) is 0. The van der Waals surface area contributed by atoms with Crippen molar-refractivity contribution in [2.75, 3.05) is 0 Å². The Balaban J connectivity index is 0.000000150. The van der Waals surface area contributed by atoms with Gasteiger partial charge >= 0.3 is 71.6 Å². The zero-order valence-electron chi connectivity index (χ0n) is 30.8. The van der Waals surface area contributed by atoms with E-state index in [9.17, 15) is 57.5 Å². The Morgan fingerprint density at radius 2 is 0.419 bits per heavy atom. The normalized spacial score (nSPS) is 43.4. The van der Waals surface area contributed by atoms with Gasteiger partial charge in [-0.3, -0.25) is 57.5 Å². The summed E-state index contributed by atoms with van der Waals surface area (Å²) in [4.78, 5) is 137. The number of ether oxygens (including phenoxy) is 6. The first-order chi connectivity index (χ1) is 27.7. The van der Waals surface area contributed by atoms with Crippen molar-refractivity contribution >= 4 is 71.6 Å². The molecular weight excluding hydrogens is 816 g/mol. The van der Waals surface area contributed by atoms with E-state index in [1.165, 1.54) is 0 Å². The van der Waals surface area contributed by atoms with Gasteiger partial charge in [0.05, 0.1) is 71.0 Å². The summed E-state index contributed by atoms with van der Waals surface area (Å²) in [5.41, 5.74) is 0. The highest BCUT2D eigenvalue weighted by Crippen LogP contribution is 2.57. The van der Waals surface area contributed by atoms with Gasteiger partial charge in [0.15, 0.2) is 0 Å². The van der Waals surface area contributed by atoms with Crippen LogP contribution in [0.2, 0.25) is 0 Å². The molecule has 18 unspecified atom stereocenters. The predicted octanol–water partition coefficient (Wildman–Crippen LogP) is 3.08. The molecule has 0 amide bonds. The molecular formula is C44H54O18. The third-order valence-corrected chi connectivity index (χ3v) is 15.8. The van der Waals surface area contributed by atoms with E-state index < -0.39 is 59.7 Å². The first-order valence-electron chi connectivity index (χ1n) is 20.2. The molecule has 0 aromatic carbocycles. The molecule has 12 aliphatic rings. The van der Waals surface area contributed by atoms with Gasteiger partial charge < -0.3 is 28.4 Å². The Morgan fingerprint density at radius 1 is 0.258 bits per heavy atom. The quantitative estimate of drug-likeness (QED) is 0.202. The highest BCUT2D eigenvalue weighted by atomic mass is 16.6. The number of hydrogen-bond acceptors (Lipinski definition) is 18. The molecule has 12 fully saturated rings. The average Bonchev–Trinajstić information content (AvgIpc) is 3.73. The van der Waals surface area contributed by atoms with Crippen LogP contribution in [-0.2, 0) is 86.0 Å². The maximum Gasteiger partial charge on any atom is 0.317 e. The Labute approximate surface area is 357 Å². The van der Waals surface area contributed by atoms with E-state index in [4.69, 9.17) is 0 Å². The van der Waals surface area contributed by atoms with Crippen molar-refractivity contribution in [3.63, 3.8) is 0 Å². The van der Waals surface area contributed by atoms with Crippen LogP contribution in [0.5, 0.6) is 0 Å². The third-order valence-electron chi connectivity index (χ3n) is 15.8. The number of hydrogen-bond donors (Lipinski definition) is 0. The van der Waals surface area contributed by atoms with E-state index >= 15 is 0 Å². The molecule has 0 aromatic rings. The fourth-order valence-electron chi connectivity index (χ4n) is 12.3. The van der Waals surface area contributed by atoms with E-state index in [1.807, 2.05) is 0 Å². The molecule has 6 saturated carbocycles. The maximum absolute atomic E-state index is 11.5. The molecule has 62 heavy (non-hydrogen) atoms. The molecule has 18 heteroatoms. The highest BCUT2D eigenvalue weighted by Gasteiger charge is 2.64. The van der Waals surface area contributed by atoms with Gasteiger partial charge in [0.1, 0.15) is 0 Å². The highest BCUT2D eigenvalue weighted by molar-refractivity contribution is 6.01. The Hall–Kier alpha value is -5.16. The van der Waals surface area contributed by atoms with Crippen molar-refractivity contribution in [3.05, 3.63) is 0 Å². The summed E-state index contributed by atoms with van der Waals surface area (Å²) in [5, 5.41) is 0. The van der Waals surface area contributed by atoms with Gasteiger partial charge in [0, 0.05) is 0 Å². The van der Waals surface area contributed by atoms with E-state index in [0.717, 1.165) is 12.8 Å². The fourth-order valence-corrected chi connectivity index (χ4v) is 12.3. The second kappa shape index (κ2) is 16.5. The largest absolute Gasteiger partial charge is 0.393 e. The lowest BCUT2D eigenvalue weighted by Crippen LogP contribution is -2.45. The molecule has 0 bridgehead atoms. The van der Waals surface area contributed by atoms with Gasteiger partial charge in [-0.15, -0.1) is 0 Å². The minimum atomic E-state index is -0.424. The fraction of sp³-hybridized carbons (Fsp3) is 0.727. The van der Waals surface area contributed by atoms with E-state index in [0.29, 0.717) is 51.4 Å². The zero-order valence-corrected chi connectivity index (χ0v) is 30.8. The summed E-state index contributed by atoms with van der Waals surface area (Å²) < 4.78 is 27.7. The lowest BCUT2D eigenvalue weighted by molar-refractivity contribution is -0.155. The second-order valence-electron chi connectivity index (χ2n) is 18.3. The van der Waals surface area contributed by atoms with E-state index in [2.05, 4.69) is 28.4 Å². The lowest BCUT2D eigenvalue weighted by atomic mass is 9.57. The molecule has 6 aliphatic carbocycles. The van der Waals surface area contributed by atoms with Crippen molar-refractivity contribution in [2.45, 2.75) is 93.9 Å². The minimum absolute atomic E-state index is 0. The minimum Gasteiger partial charge on any atom is -0.393 e. The van der Waals surface area contributed by atoms with Crippen LogP contribution in [0.3, 0.4) is 0 Å². The molecule has 338 valence electrons. The van der Waals surface area contributed by atoms with Crippen LogP contribution in [0.1, 0.15) is 93.9 Å². The molecule has 12 rings (SSSR count). The number of esters is 12. The monoisotopic (exact) mass is 870 g/mol. The molecule has 0 spiro atoms. The summed E-state index contributed by atoms with van der Waals surface area (Å²) in [5.74, 6) is -7.45. The SMILES string of the molecule is C.C.C.C.O=C1OC(=O)C2C(CC3CC4C(=O)OC(=O)C34)CC12.O=C1OC(=O)C2C(CC3CC4C(=O)OC(=O)C34)CC12.O=C1OC(=O)C2C(CCC3CC4C(=O)OC(=O)C34)CC12. The molecule has 18 atom stereocenters. The summed E-state index contributed by atoms with van der Waals surface area (Å²) in [6.07, 6.45) is 7.06. The second-order valence-corrected chi connectivity index (χ2v) is 18.3. The smallest absolute Gasteiger partial charge is 0.317 e. The van der Waals surface area contributed by atoms with E-state index in [-0.39, 0.29) is 148 Å². The third kappa shape index (κ3) is 6.90. The average molecular weight is 871 g/mol. The maximum atomic E-state index is 11.5. The van der Waals surface area contributed by atoms with Gasteiger partial charge in [-0.2, -0.15) is 0 Å². The Kier molecular flexibility index (Phi) is 12.3. The van der Waals surface area contributed by atoms with Crippen molar-refractivity contribution in [2.24, 2.45) is 107 Å². The topological polar surface area (TPSA) is 260 Å². The first-order valence-corrected chi connectivity index (χ1v) is 20.2. The van der Waals surface area contributed by atoms with Crippen LogP contribution in [0, 0.1) is 107 Å². The van der Waals surface area contributed by atoms with Crippen LogP contribution < -0.4 is 0 Å². The number of rotatable bonds is 7. The van der Waals surface area contributed by atoms with Gasteiger partial charge in [0.25, 0.3) is 0 Å². The molecule has 6 saturated heterocycles. The predicted molar refractivity (Wildman–Crippen MR) is 203 cm³/mol. The van der Waals surface area contributed by atoms with Gasteiger partial charge in [-0.05, 0) is 99.7 Å². The van der Waals surface area contributed by atoms with Crippen LogP contribution in [0.4, 0.5) is 0 Å². The zero-order chi connectivity index (χ0) is 40.6. The van der Waals surface area contributed by atoms with Crippen molar-refractivity contribution < 1.29 is 86.0 Å². The van der Waals surface area contributed by atoms with Crippen LogP contribution in [0.25, 0.3) is 0 Å². The summed E-state index contributed by atoms with van der Waals surface area (Å²) in [7, 11) is 0. The number of cyclic esters (lactones) is 12. The lowest BCUT2D eigenvalue weighted by Gasteiger charge is -2.42. The molecule has 18 nitrogen and oxygen atoms in total. The molecule has 0 radical (unpaired) electrons. The first kappa shape index (κ1) is 46.3. The van der Waals surface area contributed by atoms with Gasteiger partial charge in [-0.25, -0.2) is 0 Å².